The smallest absolute Gasteiger partial charge is 0.00218 e. The van der Waals surface area contributed by atoms with E-state index in [1.54, 1.807) is 0 Å². The number of unbranched alkanes of at least 4 members (excludes halogenated alkanes) is 4. The average Bonchev–Trinajstić information content (AvgIpc) is 2.41. The second kappa shape index (κ2) is 19.0. The largest absolute Gasteiger partial charge is 0.306 e. The molecule has 1 nitrogen and oxygen atoms in total. The Morgan fingerprint density at radius 3 is 1.75 bits per heavy atom. The molecule has 1 heteroatoms. The maximum atomic E-state index is 2.41. The van der Waals surface area contributed by atoms with Gasteiger partial charge in [0.05, 0.1) is 0 Å². The third kappa shape index (κ3) is 20.3. The van der Waals surface area contributed by atoms with Gasteiger partial charge in [0.2, 0.25) is 0 Å². The quantitative estimate of drug-likeness (QED) is 0.369. The molecule has 0 spiro atoms. The summed E-state index contributed by atoms with van der Waals surface area (Å²) in [5.74, 6) is 0.969. The minimum Gasteiger partial charge on any atom is -0.306 e. The Kier molecular flexibility index (Phi) is 21.1. The first-order valence-corrected chi connectivity index (χ1v) is 9.30. The molecule has 0 aromatic carbocycles. The molecule has 1 unspecified atom stereocenters. The summed E-state index contributed by atoms with van der Waals surface area (Å²) in [4.78, 5) is 2.41. The summed E-state index contributed by atoms with van der Waals surface area (Å²) >= 11 is 0. The molecule has 0 amide bonds. The summed E-state index contributed by atoms with van der Waals surface area (Å²) in [6.45, 7) is 13.9. The lowest BCUT2D eigenvalue weighted by Gasteiger charge is -2.14. The highest BCUT2D eigenvalue weighted by atomic mass is 15.1. The van der Waals surface area contributed by atoms with E-state index in [1.165, 1.54) is 77.3 Å². The van der Waals surface area contributed by atoms with Crippen LogP contribution in [0.1, 0.15) is 98.8 Å². The number of nitrogens with zero attached hydrogens (tertiary/aromatic N) is 1. The summed E-state index contributed by atoms with van der Waals surface area (Å²) in [6.07, 6.45) is 13.8. The first kappa shape index (κ1) is 22.2. The molecule has 0 aromatic heterocycles. The van der Waals surface area contributed by atoms with E-state index in [-0.39, 0.29) is 0 Å². The van der Waals surface area contributed by atoms with Gasteiger partial charge in [0, 0.05) is 0 Å². The van der Waals surface area contributed by atoms with Crippen LogP contribution >= 0.6 is 0 Å². The third-order valence-electron chi connectivity index (χ3n) is 3.83. The van der Waals surface area contributed by atoms with Crippen molar-refractivity contribution in [3.8, 4) is 0 Å². The van der Waals surface area contributed by atoms with Gasteiger partial charge in [-0.05, 0) is 38.9 Å². The molecule has 0 rings (SSSR count). The maximum Gasteiger partial charge on any atom is -0.00218 e. The Hall–Kier alpha value is -0.0400. The fourth-order valence-corrected chi connectivity index (χ4v) is 2.51. The summed E-state index contributed by atoms with van der Waals surface area (Å²) in [7, 11) is 2.21. The van der Waals surface area contributed by atoms with Crippen molar-refractivity contribution in [3.63, 3.8) is 0 Å². The van der Waals surface area contributed by atoms with Crippen molar-refractivity contribution in [2.75, 3.05) is 20.1 Å². The molecule has 0 N–H and O–H groups in total. The van der Waals surface area contributed by atoms with Crippen LogP contribution in [0.3, 0.4) is 0 Å². The van der Waals surface area contributed by atoms with Crippen molar-refractivity contribution in [2.45, 2.75) is 98.8 Å². The van der Waals surface area contributed by atoms with Crippen LogP contribution in [-0.4, -0.2) is 25.0 Å². The molecule has 0 aromatic rings. The molecule has 0 fully saturated rings. The van der Waals surface area contributed by atoms with Crippen molar-refractivity contribution in [2.24, 2.45) is 5.92 Å². The van der Waals surface area contributed by atoms with E-state index in [0.717, 1.165) is 5.92 Å². The lowest BCUT2D eigenvalue weighted by Crippen LogP contribution is -2.20. The fourth-order valence-electron chi connectivity index (χ4n) is 2.51. The maximum absolute atomic E-state index is 2.41. The molecule has 0 aliphatic carbocycles. The van der Waals surface area contributed by atoms with Crippen LogP contribution in [0.15, 0.2) is 0 Å². The Balaban J connectivity index is 0. The van der Waals surface area contributed by atoms with Gasteiger partial charge in [0.15, 0.2) is 0 Å². The summed E-state index contributed by atoms with van der Waals surface area (Å²) < 4.78 is 0. The Bertz CT molecular complexity index is 138. The zero-order valence-electron chi connectivity index (χ0n) is 15.5. The van der Waals surface area contributed by atoms with Crippen LogP contribution < -0.4 is 0 Å². The van der Waals surface area contributed by atoms with Crippen molar-refractivity contribution in [3.05, 3.63) is 0 Å². The molecule has 0 saturated heterocycles. The monoisotopic (exact) mass is 285 g/mol. The molecule has 124 valence electrons. The topological polar surface area (TPSA) is 3.24 Å². The Morgan fingerprint density at radius 2 is 1.25 bits per heavy atom. The van der Waals surface area contributed by atoms with Gasteiger partial charge in [-0.25, -0.2) is 0 Å². The number of hydrogen-bond donors (Lipinski definition) is 0. The van der Waals surface area contributed by atoms with Crippen molar-refractivity contribution in [1.82, 2.24) is 4.90 Å². The SMILES string of the molecule is CCCCCC(C)CCC.CCCCCN(C)CCC. The standard InChI is InChI=1S/C10H22.C9H21N/c2*1-4-6-7-9-10(3)8-5-2/h10H,4-9H2,1-3H3;4-9H2,1-3H3. The van der Waals surface area contributed by atoms with Crippen molar-refractivity contribution in [1.29, 1.82) is 0 Å². The lowest BCUT2D eigenvalue weighted by atomic mass is 9.99. The van der Waals surface area contributed by atoms with Gasteiger partial charge in [0.25, 0.3) is 0 Å². The minimum atomic E-state index is 0.969. The van der Waals surface area contributed by atoms with E-state index in [0.29, 0.717) is 0 Å². The van der Waals surface area contributed by atoms with E-state index in [4.69, 9.17) is 0 Å². The predicted octanol–water partition coefficient (Wildman–Crippen LogP) is 6.52. The second-order valence-electron chi connectivity index (χ2n) is 6.40. The molecule has 0 aliphatic heterocycles. The highest BCUT2D eigenvalue weighted by molar-refractivity contribution is 4.51. The Labute approximate surface area is 130 Å². The molecular formula is C19H43N. The molecule has 1 atom stereocenters. The molecule has 0 aliphatic rings. The molecule has 20 heavy (non-hydrogen) atoms. The van der Waals surface area contributed by atoms with Crippen LogP contribution in [0, 0.1) is 5.92 Å². The third-order valence-corrected chi connectivity index (χ3v) is 3.83. The van der Waals surface area contributed by atoms with E-state index >= 15 is 0 Å². The molecule has 0 radical (unpaired) electrons. The highest BCUT2D eigenvalue weighted by Gasteiger charge is 1.98. The van der Waals surface area contributed by atoms with E-state index < -0.39 is 0 Å². The van der Waals surface area contributed by atoms with Crippen LogP contribution in [-0.2, 0) is 0 Å². The lowest BCUT2D eigenvalue weighted by molar-refractivity contribution is 0.326. The van der Waals surface area contributed by atoms with Crippen LogP contribution in [0.4, 0.5) is 0 Å². The first-order chi connectivity index (χ1) is 9.62. The van der Waals surface area contributed by atoms with Crippen LogP contribution in [0.5, 0.6) is 0 Å². The van der Waals surface area contributed by atoms with Gasteiger partial charge in [0.1, 0.15) is 0 Å². The van der Waals surface area contributed by atoms with E-state index in [1.807, 2.05) is 0 Å². The summed E-state index contributed by atoms with van der Waals surface area (Å²) in [6, 6.07) is 0. The molecule has 0 bridgehead atoms. The zero-order valence-corrected chi connectivity index (χ0v) is 15.5. The van der Waals surface area contributed by atoms with Crippen molar-refractivity contribution >= 4 is 0 Å². The van der Waals surface area contributed by atoms with Gasteiger partial charge in [-0.2, -0.15) is 0 Å². The van der Waals surface area contributed by atoms with Gasteiger partial charge in [-0.3, -0.25) is 0 Å². The first-order valence-electron chi connectivity index (χ1n) is 9.30. The average molecular weight is 286 g/mol. The van der Waals surface area contributed by atoms with Crippen LogP contribution in [0.2, 0.25) is 0 Å². The number of rotatable bonds is 12. The van der Waals surface area contributed by atoms with Gasteiger partial charge >= 0.3 is 0 Å². The van der Waals surface area contributed by atoms with Gasteiger partial charge in [-0.15, -0.1) is 0 Å². The normalized spacial score (nSPS) is 12.2. The van der Waals surface area contributed by atoms with Gasteiger partial charge in [-0.1, -0.05) is 86.0 Å². The minimum absolute atomic E-state index is 0.969. The molecular weight excluding hydrogens is 242 g/mol. The van der Waals surface area contributed by atoms with Crippen LogP contribution in [0.25, 0.3) is 0 Å². The summed E-state index contributed by atoms with van der Waals surface area (Å²) in [5, 5.41) is 0. The fraction of sp³-hybridized carbons (Fsp3) is 1.00. The predicted molar refractivity (Wildman–Crippen MR) is 95.5 cm³/mol. The van der Waals surface area contributed by atoms with E-state index in [2.05, 4.69) is 46.6 Å². The molecule has 0 heterocycles. The van der Waals surface area contributed by atoms with Gasteiger partial charge < -0.3 is 4.90 Å². The number of hydrogen-bond acceptors (Lipinski definition) is 1. The van der Waals surface area contributed by atoms with Crippen molar-refractivity contribution < 1.29 is 0 Å². The molecule has 0 saturated carbocycles. The second-order valence-corrected chi connectivity index (χ2v) is 6.40. The Morgan fingerprint density at radius 1 is 0.650 bits per heavy atom. The summed E-state index contributed by atoms with van der Waals surface area (Å²) in [5.41, 5.74) is 0. The zero-order chi connectivity index (χ0) is 15.6. The highest BCUT2D eigenvalue weighted by Crippen LogP contribution is 2.13. The van der Waals surface area contributed by atoms with E-state index in [9.17, 15) is 0 Å².